The van der Waals surface area contributed by atoms with Crippen LogP contribution in [0.5, 0.6) is 5.75 Å². The molecule has 0 aliphatic heterocycles. The van der Waals surface area contributed by atoms with Gasteiger partial charge in [-0.05, 0) is 47.9 Å². The first-order valence-corrected chi connectivity index (χ1v) is 6.51. The van der Waals surface area contributed by atoms with Crippen molar-refractivity contribution in [3.8, 4) is 5.75 Å². The first kappa shape index (κ1) is 15.7. The number of ether oxygens (including phenoxy) is 1. The predicted molar refractivity (Wildman–Crippen MR) is 75.3 cm³/mol. The molecule has 0 heterocycles. The lowest BCUT2D eigenvalue weighted by molar-refractivity contribution is -0.274. The lowest BCUT2D eigenvalue weighted by Gasteiger charge is -2.16. The summed E-state index contributed by atoms with van der Waals surface area (Å²) in [6.45, 7) is 1.88. The average Bonchev–Trinajstić information content (AvgIpc) is 2.37. The van der Waals surface area contributed by atoms with E-state index in [0.29, 0.717) is 10.6 Å². The summed E-state index contributed by atoms with van der Waals surface area (Å²) in [5, 5.41) is 0.609. The summed E-state index contributed by atoms with van der Waals surface area (Å²) < 4.78 is 40.1. The van der Waals surface area contributed by atoms with Crippen molar-refractivity contribution in [1.82, 2.24) is 0 Å². The van der Waals surface area contributed by atoms with E-state index in [1.807, 2.05) is 13.0 Å². The molecular weight excluding hydrogens is 303 g/mol. The number of nitrogens with two attached hydrogens (primary N) is 1. The van der Waals surface area contributed by atoms with E-state index in [1.54, 1.807) is 12.1 Å². The summed E-state index contributed by atoms with van der Waals surface area (Å²) in [5.41, 5.74) is 8.61. The highest BCUT2D eigenvalue weighted by Gasteiger charge is 2.31. The zero-order valence-corrected chi connectivity index (χ0v) is 11.9. The zero-order valence-electron chi connectivity index (χ0n) is 11.1. The van der Waals surface area contributed by atoms with Gasteiger partial charge in [-0.2, -0.15) is 0 Å². The molecule has 0 fully saturated rings. The molecule has 0 aromatic heterocycles. The number of hydrogen-bond acceptors (Lipinski definition) is 2. The molecule has 112 valence electrons. The topological polar surface area (TPSA) is 35.2 Å². The second-order valence-corrected chi connectivity index (χ2v) is 5.03. The molecule has 6 heteroatoms. The summed E-state index contributed by atoms with van der Waals surface area (Å²) in [4.78, 5) is 0. The van der Waals surface area contributed by atoms with Crippen LogP contribution >= 0.6 is 11.6 Å². The fraction of sp³-hybridized carbons (Fsp3) is 0.200. The van der Waals surface area contributed by atoms with Crippen molar-refractivity contribution in [3.63, 3.8) is 0 Å². The second-order valence-electron chi connectivity index (χ2n) is 4.60. The monoisotopic (exact) mass is 315 g/mol. The van der Waals surface area contributed by atoms with E-state index in [9.17, 15) is 13.2 Å². The van der Waals surface area contributed by atoms with Gasteiger partial charge in [0, 0.05) is 5.02 Å². The van der Waals surface area contributed by atoms with E-state index in [1.165, 1.54) is 24.3 Å². The number of aryl methyl sites for hydroxylation is 1. The second kappa shape index (κ2) is 5.95. The summed E-state index contributed by atoms with van der Waals surface area (Å²) in [5.74, 6) is -0.272. The van der Waals surface area contributed by atoms with Crippen molar-refractivity contribution >= 4 is 11.6 Å². The first-order chi connectivity index (χ1) is 9.76. The fourth-order valence-electron chi connectivity index (χ4n) is 2.04. The van der Waals surface area contributed by atoms with Crippen LogP contribution in [0.1, 0.15) is 22.7 Å². The maximum atomic E-state index is 12.1. The van der Waals surface area contributed by atoms with E-state index in [0.717, 1.165) is 11.1 Å². The largest absolute Gasteiger partial charge is 0.573 e. The van der Waals surface area contributed by atoms with Crippen LogP contribution in [0.4, 0.5) is 13.2 Å². The van der Waals surface area contributed by atoms with Crippen LogP contribution in [0.2, 0.25) is 5.02 Å². The van der Waals surface area contributed by atoms with Crippen LogP contribution in [0.15, 0.2) is 42.5 Å². The molecule has 0 unspecified atom stereocenters. The lowest BCUT2D eigenvalue weighted by Crippen LogP contribution is -2.17. The molecule has 2 nitrogen and oxygen atoms in total. The highest BCUT2D eigenvalue weighted by molar-refractivity contribution is 6.30. The zero-order chi connectivity index (χ0) is 15.6. The lowest BCUT2D eigenvalue weighted by atomic mass is 9.96. The van der Waals surface area contributed by atoms with Crippen LogP contribution in [0, 0.1) is 6.92 Å². The van der Waals surface area contributed by atoms with Gasteiger partial charge in [0.05, 0.1) is 6.04 Å². The van der Waals surface area contributed by atoms with Gasteiger partial charge >= 0.3 is 6.36 Å². The quantitative estimate of drug-likeness (QED) is 0.898. The molecule has 0 amide bonds. The molecule has 2 rings (SSSR count). The molecule has 0 aliphatic carbocycles. The molecule has 2 aromatic carbocycles. The van der Waals surface area contributed by atoms with Gasteiger partial charge in [0.2, 0.25) is 0 Å². The molecule has 0 aliphatic rings. The Morgan fingerprint density at radius 2 is 1.71 bits per heavy atom. The molecule has 0 spiro atoms. The Hall–Kier alpha value is -1.72. The van der Waals surface area contributed by atoms with E-state index >= 15 is 0 Å². The molecule has 2 N–H and O–H groups in total. The summed E-state index contributed by atoms with van der Waals surface area (Å²) in [7, 11) is 0. The van der Waals surface area contributed by atoms with Gasteiger partial charge in [0.15, 0.2) is 0 Å². The third-order valence-electron chi connectivity index (χ3n) is 3.04. The number of benzene rings is 2. The molecule has 0 bridgehead atoms. The third kappa shape index (κ3) is 4.12. The normalized spacial score (nSPS) is 13.0. The SMILES string of the molecule is Cc1cc(Cl)ccc1[C@H](N)c1ccc(OC(F)(F)F)cc1. The fourth-order valence-corrected chi connectivity index (χ4v) is 2.27. The Labute approximate surface area is 125 Å². The van der Waals surface area contributed by atoms with Crippen LogP contribution in [0.25, 0.3) is 0 Å². The van der Waals surface area contributed by atoms with Crippen molar-refractivity contribution in [2.45, 2.75) is 19.3 Å². The molecule has 2 aromatic rings. The van der Waals surface area contributed by atoms with Crippen LogP contribution in [-0.2, 0) is 0 Å². The Balaban J connectivity index is 2.22. The first-order valence-electron chi connectivity index (χ1n) is 6.13. The highest BCUT2D eigenvalue weighted by atomic mass is 35.5. The maximum absolute atomic E-state index is 12.1. The maximum Gasteiger partial charge on any atom is 0.573 e. The van der Waals surface area contributed by atoms with E-state index in [4.69, 9.17) is 17.3 Å². The Morgan fingerprint density at radius 1 is 1.10 bits per heavy atom. The predicted octanol–water partition coefficient (Wildman–Crippen LogP) is 4.60. The Kier molecular flexibility index (Phi) is 4.44. The van der Waals surface area contributed by atoms with Crippen molar-refractivity contribution < 1.29 is 17.9 Å². The van der Waals surface area contributed by atoms with E-state index in [2.05, 4.69) is 4.74 Å². The van der Waals surface area contributed by atoms with Gasteiger partial charge in [-0.15, -0.1) is 13.2 Å². The van der Waals surface area contributed by atoms with E-state index in [-0.39, 0.29) is 5.75 Å². The van der Waals surface area contributed by atoms with E-state index < -0.39 is 12.4 Å². The van der Waals surface area contributed by atoms with Gasteiger partial charge in [-0.25, -0.2) is 0 Å². The Bertz CT molecular complexity index is 626. The number of hydrogen-bond donors (Lipinski definition) is 1. The minimum Gasteiger partial charge on any atom is -0.406 e. The van der Waals surface area contributed by atoms with Gasteiger partial charge in [0.1, 0.15) is 5.75 Å². The molecule has 0 radical (unpaired) electrons. The van der Waals surface area contributed by atoms with Crippen LogP contribution < -0.4 is 10.5 Å². The van der Waals surface area contributed by atoms with Gasteiger partial charge in [-0.3, -0.25) is 0 Å². The minimum atomic E-state index is -4.70. The molecule has 0 saturated carbocycles. The third-order valence-corrected chi connectivity index (χ3v) is 3.27. The summed E-state index contributed by atoms with van der Waals surface area (Å²) >= 11 is 5.89. The smallest absolute Gasteiger partial charge is 0.406 e. The molecule has 1 atom stereocenters. The van der Waals surface area contributed by atoms with Gasteiger partial charge in [0.25, 0.3) is 0 Å². The van der Waals surface area contributed by atoms with Crippen molar-refractivity contribution in [3.05, 3.63) is 64.2 Å². The summed E-state index contributed by atoms with van der Waals surface area (Å²) in [6, 6.07) is 10.4. The van der Waals surface area contributed by atoms with Gasteiger partial charge < -0.3 is 10.5 Å². The highest BCUT2D eigenvalue weighted by Crippen LogP contribution is 2.28. The van der Waals surface area contributed by atoms with Crippen LogP contribution in [-0.4, -0.2) is 6.36 Å². The average molecular weight is 316 g/mol. The molecule has 21 heavy (non-hydrogen) atoms. The number of rotatable bonds is 3. The minimum absolute atomic E-state index is 0.272. The van der Waals surface area contributed by atoms with Crippen molar-refractivity contribution in [2.24, 2.45) is 5.73 Å². The molecule has 0 saturated heterocycles. The number of halogens is 4. The molecular formula is C15H13ClF3NO. The Morgan fingerprint density at radius 3 is 2.24 bits per heavy atom. The number of alkyl halides is 3. The van der Waals surface area contributed by atoms with Gasteiger partial charge in [-0.1, -0.05) is 29.8 Å². The van der Waals surface area contributed by atoms with Crippen molar-refractivity contribution in [1.29, 1.82) is 0 Å². The van der Waals surface area contributed by atoms with Crippen molar-refractivity contribution in [2.75, 3.05) is 0 Å². The summed E-state index contributed by atoms with van der Waals surface area (Å²) in [6.07, 6.45) is -4.70. The standard InChI is InChI=1S/C15H13ClF3NO/c1-9-8-11(16)4-7-13(9)14(20)10-2-5-12(6-3-10)21-15(17,18)19/h2-8,14H,20H2,1H3/t14-/m1/s1. The van der Waals surface area contributed by atoms with Crippen LogP contribution in [0.3, 0.4) is 0 Å².